The lowest BCUT2D eigenvalue weighted by molar-refractivity contribution is -0.0898. The van der Waals surface area contributed by atoms with Gasteiger partial charge in [-0.2, -0.15) is 0 Å². The van der Waals surface area contributed by atoms with E-state index in [9.17, 15) is 4.79 Å². The molecule has 4 aromatic rings. The highest BCUT2D eigenvalue weighted by atomic mass is 16.6. The van der Waals surface area contributed by atoms with Gasteiger partial charge in [-0.15, -0.1) is 0 Å². The Bertz CT molecular complexity index is 1320. The van der Waals surface area contributed by atoms with Crippen LogP contribution in [0.4, 0.5) is 4.79 Å². The van der Waals surface area contributed by atoms with Gasteiger partial charge in [0.25, 0.3) is 0 Å². The Morgan fingerprint density at radius 3 is 1.93 bits per heavy atom. The Morgan fingerprint density at radius 2 is 1.35 bits per heavy atom. The van der Waals surface area contributed by atoms with Crippen LogP contribution in [-0.4, -0.2) is 47.2 Å². The summed E-state index contributed by atoms with van der Waals surface area (Å²) < 4.78 is 32.1. The van der Waals surface area contributed by atoms with Crippen molar-refractivity contribution in [3.8, 4) is 0 Å². The first-order valence-corrected chi connectivity index (χ1v) is 13.5. The molecule has 0 radical (unpaired) electrons. The van der Waals surface area contributed by atoms with Gasteiger partial charge in [0.1, 0.15) is 30.7 Å². The van der Waals surface area contributed by atoms with Crippen LogP contribution >= 0.6 is 0 Å². The summed E-state index contributed by atoms with van der Waals surface area (Å²) in [6.07, 6.45) is 0.613. The summed E-state index contributed by atoms with van der Waals surface area (Å²) in [5.74, 6) is 0. The van der Waals surface area contributed by atoms with Crippen LogP contribution in [-0.2, 0) is 43.5 Å². The molecule has 40 heavy (non-hydrogen) atoms. The summed E-state index contributed by atoms with van der Waals surface area (Å²) in [5.41, 5.74) is 3.71. The fourth-order valence-electron chi connectivity index (χ4n) is 4.67. The minimum absolute atomic E-state index is 0.269. The van der Waals surface area contributed by atoms with Gasteiger partial charge in [-0.25, -0.2) is 14.3 Å². The lowest BCUT2D eigenvalue weighted by Crippen LogP contribution is -2.37. The van der Waals surface area contributed by atoms with E-state index in [2.05, 4.69) is 4.98 Å². The molecule has 2 heterocycles. The van der Waals surface area contributed by atoms with Gasteiger partial charge in [0.15, 0.2) is 0 Å². The molecule has 0 unspecified atom stereocenters. The molecule has 0 spiro atoms. The Kier molecular flexibility index (Phi) is 9.71. The summed E-state index contributed by atoms with van der Waals surface area (Å²) in [6, 6.07) is 29.9. The Balaban J connectivity index is 1.38. The van der Waals surface area contributed by atoms with Crippen LogP contribution in [0.2, 0.25) is 0 Å². The number of hydrogen-bond donors (Lipinski definition) is 0. The number of hydrogen-bond acceptors (Lipinski definition) is 7. The lowest BCUT2D eigenvalue weighted by atomic mass is 10.1. The molecule has 208 valence electrons. The maximum atomic E-state index is 12.3. The molecule has 8 nitrogen and oxygen atoms in total. The maximum Gasteiger partial charge on any atom is 0.419 e. The van der Waals surface area contributed by atoms with Crippen molar-refractivity contribution in [2.24, 2.45) is 0 Å². The van der Waals surface area contributed by atoms with Gasteiger partial charge < -0.3 is 23.7 Å². The van der Waals surface area contributed by atoms with E-state index >= 15 is 0 Å². The average molecular weight is 543 g/mol. The third-order valence-electron chi connectivity index (χ3n) is 6.65. The van der Waals surface area contributed by atoms with Crippen molar-refractivity contribution in [1.82, 2.24) is 9.55 Å². The van der Waals surface area contributed by atoms with Gasteiger partial charge >= 0.3 is 6.09 Å². The van der Waals surface area contributed by atoms with Crippen LogP contribution in [0.5, 0.6) is 0 Å². The van der Waals surface area contributed by atoms with Crippen molar-refractivity contribution in [1.29, 1.82) is 0 Å². The van der Waals surface area contributed by atoms with E-state index in [4.69, 9.17) is 23.7 Å². The summed E-state index contributed by atoms with van der Waals surface area (Å²) >= 11 is 0. The first-order chi connectivity index (χ1) is 19.7. The van der Waals surface area contributed by atoms with Gasteiger partial charge in [0, 0.05) is 6.20 Å². The molecule has 3 aromatic carbocycles. The highest BCUT2D eigenvalue weighted by molar-refractivity contribution is 5.70. The summed E-state index contributed by atoms with van der Waals surface area (Å²) in [6.45, 7) is 3.54. The zero-order chi connectivity index (χ0) is 27.6. The smallest absolute Gasteiger partial charge is 0.419 e. The number of carbonyl (C=O) groups is 1. The number of carbonyl (C=O) groups excluding carboxylic acids is 1. The largest absolute Gasteiger partial charge is 0.449 e. The third kappa shape index (κ3) is 7.22. The quantitative estimate of drug-likeness (QED) is 0.227. The van der Waals surface area contributed by atoms with E-state index in [0.717, 1.165) is 16.7 Å². The van der Waals surface area contributed by atoms with Crippen molar-refractivity contribution >= 4 is 6.09 Å². The van der Waals surface area contributed by atoms with Crippen molar-refractivity contribution < 1.29 is 28.5 Å². The average Bonchev–Trinajstić information content (AvgIpc) is 3.62. The second kappa shape index (κ2) is 14.0. The minimum Gasteiger partial charge on any atom is -0.449 e. The number of imidazole rings is 1. The van der Waals surface area contributed by atoms with Crippen molar-refractivity contribution in [3.63, 3.8) is 0 Å². The molecule has 0 N–H and O–H groups in total. The van der Waals surface area contributed by atoms with E-state index in [1.54, 1.807) is 13.1 Å². The van der Waals surface area contributed by atoms with E-state index in [-0.39, 0.29) is 6.61 Å². The highest BCUT2D eigenvalue weighted by Crippen LogP contribution is 2.38. The molecule has 0 saturated carbocycles. The zero-order valence-corrected chi connectivity index (χ0v) is 22.5. The predicted molar refractivity (Wildman–Crippen MR) is 148 cm³/mol. The molecular formula is C32H34N2O6. The van der Waals surface area contributed by atoms with Crippen molar-refractivity contribution in [2.45, 2.75) is 51.2 Å². The number of rotatable bonds is 12. The molecule has 1 fully saturated rings. The molecular weight excluding hydrogens is 508 g/mol. The molecule has 1 saturated heterocycles. The lowest BCUT2D eigenvalue weighted by Gasteiger charge is -2.25. The van der Waals surface area contributed by atoms with Gasteiger partial charge in [0.05, 0.1) is 38.7 Å². The fourth-order valence-corrected chi connectivity index (χ4v) is 4.67. The van der Waals surface area contributed by atoms with Crippen LogP contribution < -0.4 is 0 Å². The number of benzene rings is 3. The second-order valence-electron chi connectivity index (χ2n) is 9.52. The SMILES string of the molecule is CCOC(=O)n1cnc([C@@H]2O[C@@H](COCc3ccccc3)[C@H](OCc3ccccc3)[C@H]2OCc2ccccc2)c1. The summed E-state index contributed by atoms with van der Waals surface area (Å²) in [5, 5.41) is 0. The maximum absolute atomic E-state index is 12.3. The molecule has 0 bridgehead atoms. The van der Waals surface area contributed by atoms with Gasteiger partial charge in [-0.1, -0.05) is 91.0 Å². The second-order valence-corrected chi connectivity index (χ2v) is 9.52. The van der Waals surface area contributed by atoms with Gasteiger partial charge in [0.2, 0.25) is 0 Å². The minimum atomic E-state index is -0.578. The molecule has 4 atom stereocenters. The van der Waals surface area contributed by atoms with Crippen molar-refractivity contribution in [3.05, 3.63) is 126 Å². The Morgan fingerprint density at radius 1 is 0.800 bits per heavy atom. The third-order valence-corrected chi connectivity index (χ3v) is 6.65. The van der Waals surface area contributed by atoms with Crippen LogP contribution in [0, 0.1) is 0 Å². The number of ether oxygens (including phenoxy) is 5. The molecule has 0 aliphatic carbocycles. The van der Waals surface area contributed by atoms with Crippen LogP contribution in [0.15, 0.2) is 104 Å². The van der Waals surface area contributed by atoms with Crippen LogP contribution in [0.1, 0.15) is 35.4 Å². The summed E-state index contributed by atoms with van der Waals surface area (Å²) in [7, 11) is 0. The highest BCUT2D eigenvalue weighted by Gasteiger charge is 2.48. The Hall–Kier alpha value is -3.82. The summed E-state index contributed by atoms with van der Waals surface area (Å²) in [4.78, 5) is 16.8. The molecule has 1 aromatic heterocycles. The number of nitrogens with zero attached hydrogens (tertiary/aromatic N) is 2. The van der Waals surface area contributed by atoms with Gasteiger partial charge in [-0.05, 0) is 23.6 Å². The van der Waals surface area contributed by atoms with E-state index in [1.807, 2.05) is 91.0 Å². The first kappa shape index (κ1) is 27.7. The Labute approximate surface area is 234 Å². The normalized spacial score (nSPS) is 20.4. The van der Waals surface area contributed by atoms with E-state index in [1.165, 1.54) is 10.9 Å². The molecule has 1 aliphatic rings. The van der Waals surface area contributed by atoms with E-state index in [0.29, 0.717) is 32.1 Å². The van der Waals surface area contributed by atoms with Crippen LogP contribution in [0.25, 0.3) is 0 Å². The first-order valence-electron chi connectivity index (χ1n) is 13.5. The number of aromatic nitrogens is 2. The van der Waals surface area contributed by atoms with Crippen LogP contribution in [0.3, 0.4) is 0 Å². The topological polar surface area (TPSA) is 81.0 Å². The van der Waals surface area contributed by atoms with Gasteiger partial charge in [-0.3, -0.25) is 0 Å². The zero-order valence-electron chi connectivity index (χ0n) is 22.5. The molecule has 8 heteroatoms. The standard InChI is InChI=1S/C32H34N2O6/c1-2-37-32(35)34-18-27(33-23-34)29-31(39-21-26-16-10-5-11-17-26)30(38-20-25-14-8-4-9-15-25)28(40-29)22-36-19-24-12-6-3-7-13-24/h3-18,23,28-31H,2,19-22H2,1H3/t28-,29-,30-,31-/m0/s1. The molecule has 0 amide bonds. The monoisotopic (exact) mass is 542 g/mol. The molecule has 5 rings (SSSR count). The van der Waals surface area contributed by atoms with E-state index < -0.39 is 30.5 Å². The van der Waals surface area contributed by atoms with Crippen molar-refractivity contribution in [2.75, 3.05) is 13.2 Å². The fraction of sp³-hybridized carbons (Fsp3) is 0.312. The predicted octanol–water partition coefficient (Wildman–Crippen LogP) is 5.72. The molecule has 1 aliphatic heterocycles.